The second-order valence-corrected chi connectivity index (χ2v) is 6.61. The molecule has 128 valence electrons. The zero-order chi connectivity index (χ0) is 17.3. The number of nitrogens with zero attached hydrogens (tertiary/aromatic N) is 3. The van der Waals surface area contributed by atoms with Crippen LogP contribution in [0, 0.1) is 0 Å². The Bertz CT molecular complexity index is 754. The highest BCUT2D eigenvalue weighted by molar-refractivity contribution is 7.14. The lowest BCUT2D eigenvalue weighted by atomic mass is 10.2. The molecule has 8 nitrogen and oxygen atoms in total. The highest BCUT2D eigenvalue weighted by atomic mass is 32.1. The van der Waals surface area contributed by atoms with Crippen LogP contribution < -0.4 is 10.2 Å². The number of hydrogen-bond donors (Lipinski definition) is 1. The van der Waals surface area contributed by atoms with Crippen LogP contribution in [-0.4, -0.2) is 41.7 Å². The van der Waals surface area contributed by atoms with Gasteiger partial charge in [-0.05, 0) is 17.9 Å². The van der Waals surface area contributed by atoms with Gasteiger partial charge in [0.25, 0.3) is 0 Å². The summed E-state index contributed by atoms with van der Waals surface area (Å²) in [4.78, 5) is 30.3. The van der Waals surface area contributed by atoms with E-state index in [-0.39, 0.29) is 17.8 Å². The van der Waals surface area contributed by atoms with Gasteiger partial charge in [0.15, 0.2) is 5.82 Å². The van der Waals surface area contributed by atoms with Gasteiger partial charge in [0.1, 0.15) is 11.0 Å². The van der Waals surface area contributed by atoms with Crippen LogP contribution in [0.1, 0.15) is 42.4 Å². The van der Waals surface area contributed by atoms with Crippen molar-refractivity contribution in [3.05, 3.63) is 22.8 Å². The van der Waals surface area contributed by atoms with Crippen LogP contribution in [0.3, 0.4) is 0 Å². The minimum absolute atomic E-state index is 0.132. The molecule has 24 heavy (non-hydrogen) atoms. The second kappa shape index (κ2) is 6.60. The fraction of sp³-hybridized carbons (Fsp3) is 0.467. The molecule has 2 aromatic heterocycles. The van der Waals surface area contributed by atoms with Gasteiger partial charge in [-0.2, -0.15) is 4.98 Å². The number of methoxy groups -OCH3 is 1. The minimum atomic E-state index is -0.460. The molecular formula is C15H18N4O4S. The first-order valence-corrected chi connectivity index (χ1v) is 8.46. The summed E-state index contributed by atoms with van der Waals surface area (Å²) in [6.07, 6.45) is 0.580. The lowest BCUT2D eigenvalue weighted by Gasteiger charge is -2.16. The fourth-order valence-electron chi connectivity index (χ4n) is 2.47. The largest absolute Gasteiger partial charge is 0.465 e. The monoisotopic (exact) mass is 350 g/mol. The summed E-state index contributed by atoms with van der Waals surface area (Å²) in [6, 6.07) is 1.43. The van der Waals surface area contributed by atoms with Gasteiger partial charge in [-0.15, -0.1) is 11.3 Å². The van der Waals surface area contributed by atoms with Crippen molar-refractivity contribution in [2.45, 2.75) is 32.2 Å². The van der Waals surface area contributed by atoms with Crippen molar-refractivity contribution in [3.63, 3.8) is 0 Å². The molecular weight excluding hydrogens is 332 g/mol. The molecule has 0 radical (unpaired) electrons. The van der Waals surface area contributed by atoms with Crippen molar-refractivity contribution in [1.82, 2.24) is 10.1 Å². The molecule has 1 fully saturated rings. The first-order chi connectivity index (χ1) is 11.5. The third-order valence-corrected chi connectivity index (χ3v) is 4.69. The zero-order valence-corrected chi connectivity index (χ0v) is 14.4. The summed E-state index contributed by atoms with van der Waals surface area (Å²) in [7, 11) is 1.32. The minimum Gasteiger partial charge on any atom is -0.465 e. The highest BCUT2D eigenvalue weighted by Crippen LogP contribution is 2.32. The molecule has 1 aliphatic rings. The number of rotatable bonds is 5. The molecule has 1 atom stereocenters. The molecule has 1 aliphatic heterocycles. The van der Waals surface area contributed by atoms with E-state index in [0.717, 1.165) is 0 Å². The standard InChI is InChI=1S/C15H18N4O4S/c1-8(2)11-17-15(23-18-11)16-10-4-6-19(12(10)20)13-9(5-7-24-13)14(21)22-3/h5,7-8,10H,4,6H2,1-3H3,(H,16,17,18). The Morgan fingerprint density at radius 1 is 1.54 bits per heavy atom. The predicted molar refractivity (Wildman–Crippen MR) is 88.4 cm³/mol. The molecule has 0 saturated carbocycles. The number of hydrogen-bond acceptors (Lipinski definition) is 8. The maximum absolute atomic E-state index is 12.6. The summed E-state index contributed by atoms with van der Waals surface area (Å²) in [5.74, 6) is 0.153. The van der Waals surface area contributed by atoms with Crippen LogP contribution in [0.2, 0.25) is 0 Å². The van der Waals surface area contributed by atoms with Gasteiger partial charge in [0.05, 0.1) is 12.7 Å². The van der Waals surface area contributed by atoms with E-state index in [1.54, 1.807) is 16.3 Å². The third-order valence-electron chi connectivity index (χ3n) is 3.76. The predicted octanol–water partition coefficient (Wildman–Crippen LogP) is 2.26. The SMILES string of the molecule is COC(=O)c1ccsc1N1CCC(Nc2nc(C(C)C)no2)C1=O. The van der Waals surface area contributed by atoms with Crippen LogP contribution in [-0.2, 0) is 9.53 Å². The van der Waals surface area contributed by atoms with Crippen molar-refractivity contribution in [3.8, 4) is 0 Å². The van der Waals surface area contributed by atoms with Crippen molar-refractivity contribution in [1.29, 1.82) is 0 Å². The topological polar surface area (TPSA) is 97.6 Å². The number of amides is 1. The molecule has 0 aliphatic carbocycles. The zero-order valence-electron chi connectivity index (χ0n) is 13.6. The highest BCUT2D eigenvalue weighted by Gasteiger charge is 2.36. The van der Waals surface area contributed by atoms with Gasteiger partial charge in [-0.1, -0.05) is 19.0 Å². The first kappa shape index (κ1) is 16.4. The summed E-state index contributed by atoms with van der Waals surface area (Å²) in [6.45, 7) is 4.43. The first-order valence-electron chi connectivity index (χ1n) is 7.58. The molecule has 1 amide bonds. The molecule has 0 bridgehead atoms. The van der Waals surface area contributed by atoms with Crippen molar-refractivity contribution in [2.75, 3.05) is 23.9 Å². The van der Waals surface area contributed by atoms with E-state index < -0.39 is 12.0 Å². The molecule has 0 spiro atoms. The Hall–Kier alpha value is -2.42. The van der Waals surface area contributed by atoms with Crippen LogP contribution >= 0.6 is 11.3 Å². The summed E-state index contributed by atoms with van der Waals surface area (Å²) >= 11 is 1.34. The van der Waals surface area contributed by atoms with E-state index >= 15 is 0 Å². The van der Waals surface area contributed by atoms with Crippen LogP contribution in [0.4, 0.5) is 11.0 Å². The number of ether oxygens (including phenoxy) is 1. The average Bonchev–Trinajstić information content (AvgIpc) is 3.28. The second-order valence-electron chi connectivity index (χ2n) is 5.72. The Morgan fingerprint density at radius 2 is 2.33 bits per heavy atom. The maximum atomic E-state index is 12.6. The molecule has 3 heterocycles. The Morgan fingerprint density at radius 3 is 3.00 bits per heavy atom. The number of nitrogens with one attached hydrogen (secondary N) is 1. The number of aromatic nitrogens is 2. The summed E-state index contributed by atoms with van der Waals surface area (Å²) < 4.78 is 9.89. The fourth-order valence-corrected chi connectivity index (χ4v) is 3.39. The smallest absolute Gasteiger partial charge is 0.340 e. The van der Waals surface area contributed by atoms with Crippen LogP contribution in [0.5, 0.6) is 0 Å². The third kappa shape index (κ3) is 2.99. The molecule has 1 N–H and O–H groups in total. The van der Waals surface area contributed by atoms with E-state index in [1.165, 1.54) is 18.4 Å². The van der Waals surface area contributed by atoms with Gasteiger partial charge < -0.3 is 19.5 Å². The van der Waals surface area contributed by atoms with Crippen LogP contribution in [0.15, 0.2) is 16.0 Å². The molecule has 2 aromatic rings. The maximum Gasteiger partial charge on any atom is 0.340 e. The van der Waals surface area contributed by atoms with Gasteiger partial charge in [-0.3, -0.25) is 4.79 Å². The van der Waals surface area contributed by atoms with Gasteiger partial charge in [0.2, 0.25) is 5.91 Å². The molecule has 9 heteroatoms. The van der Waals surface area contributed by atoms with Crippen molar-refractivity contribution >= 4 is 34.2 Å². The number of carbonyl (C=O) groups is 2. The van der Waals surface area contributed by atoms with E-state index in [4.69, 9.17) is 9.26 Å². The van der Waals surface area contributed by atoms with Gasteiger partial charge >= 0.3 is 12.0 Å². The van der Waals surface area contributed by atoms with Crippen molar-refractivity contribution in [2.24, 2.45) is 0 Å². The number of thiophene rings is 1. The quantitative estimate of drug-likeness (QED) is 0.826. The van der Waals surface area contributed by atoms with E-state index in [1.807, 2.05) is 13.8 Å². The Balaban J connectivity index is 1.73. The number of anilines is 2. The molecule has 1 saturated heterocycles. The molecule has 3 rings (SSSR count). The van der Waals surface area contributed by atoms with Gasteiger partial charge in [-0.25, -0.2) is 4.79 Å². The van der Waals surface area contributed by atoms with Crippen LogP contribution in [0.25, 0.3) is 0 Å². The Labute approximate surface area is 142 Å². The average molecular weight is 350 g/mol. The number of esters is 1. The van der Waals surface area contributed by atoms with Gasteiger partial charge in [0, 0.05) is 12.5 Å². The Kier molecular flexibility index (Phi) is 4.52. The van der Waals surface area contributed by atoms with E-state index in [9.17, 15) is 9.59 Å². The molecule has 0 aromatic carbocycles. The summed E-state index contributed by atoms with van der Waals surface area (Å²) in [5.41, 5.74) is 0.399. The normalized spacial score (nSPS) is 17.6. The van der Waals surface area contributed by atoms with Crippen molar-refractivity contribution < 1.29 is 18.8 Å². The van der Waals surface area contributed by atoms with E-state index in [0.29, 0.717) is 29.4 Å². The lowest BCUT2D eigenvalue weighted by Crippen LogP contribution is -2.33. The van der Waals surface area contributed by atoms with E-state index in [2.05, 4.69) is 15.5 Å². The molecule has 1 unspecified atom stereocenters. The summed E-state index contributed by atoms with van der Waals surface area (Å²) in [5, 5.41) is 9.21. The lowest BCUT2D eigenvalue weighted by molar-refractivity contribution is -0.117. The number of carbonyl (C=O) groups excluding carboxylic acids is 2.